The fourth-order valence-electron chi connectivity index (χ4n) is 2.14. The molecule has 2 rings (SSSR count). The van der Waals surface area contributed by atoms with Crippen LogP contribution < -0.4 is 0 Å². The summed E-state index contributed by atoms with van der Waals surface area (Å²) in [6.45, 7) is 1.77. The van der Waals surface area contributed by atoms with E-state index in [2.05, 4.69) is 4.98 Å². The van der Waals surface area contributed by atoms with Crippen molar-refractivity contribution in [2.45, 2.75) is 25.4 Å². The van der Waals surface area contributed by atoms with Gasteiger partial charge in [0.25, 0.3) is 0 Å². The molecule has 19 heavy (non-hydrogen) atoms. The molecule has 1 N–H and O–H groups in total. The number of hydrogen-bond acceptors (Lipinski definition) is 4. The van der Waals surface area contributed by atoms with Gasteiger partial charge in [0.15, 0.2) is 0 Å². The summed E-state index contributed by atoms with van der Waals surface area (Å²) in [5.41, 5.74) is 0. The topological polar surface area (TPSA) is 84.7 Å². The van der Waals surface area contributed by atoms with Gasteiger partial charge in [-0.25, -0.2) is 4.98 Å². The van der Waals surface area contributed by atoms with Crippen LogP contribution in [0, 0.1) is 0 Å². The van der Waals surface area contributed by atoms with Gasteiger partial charge in [0.2, 0.25) is 5.91 Å². The van der Waals surface area contributed by atoms with Crippen LogP contribution in [-0.4, -0.2) is 57.2 Å². The highest BCUT2D eigenvalue weighted by Gasteiger charge is 2.28. The second-order valence-corrected chi connectivity index (χ2v) is 4.46. The number of nitrogens with zero attached hydrogens (tertiary/aromatic N) is 3. The maximum absolute atomic E-state index is 12.1. The third-order valence-corrected chi connectivity index (χ3v) is 3.10. The molecule has 1 aromatic rings. The van der Waals surface area contributed by atoms with Crippen LogP contribution in [0.3, 0.4) is 0 Å². The molecule has 1 fully saturated rings. The highest BCUT2D eigenvalue weighted by molar-refractivity contribution is 5.77. The largest absolute Gasteiger partial charge is 0.481 e. The van der Waals surface area contributed by atoms with Crippen molar-refractivity contribution in [1.29, 1.82) is 0 Å². The Kier molecular flexibility index (Phi) is 4.51. The lowest BCUT2D eigenvalue weighted by Gasteiger charge is -2.35. The van der Waals surface area contributed by atoms with Gasteiger partial charge in [-0.1, -0.05) is 0 Å². The van der Waals surface area contributed by atoms with E-state index in [9.17, 15) is 9.59 Å². The fraction of sp³-hybridized carbons (Fsp3) is 0.583. The van der Waals surface area contributed by atoms with E-state index in [0.29, 0.717) is 32.7 Å². The van der Waals surface area contributed by atoms with Crippen molar-refractivity contribution in [3.63, 3.8) is 0 Å². The van der Waals surface area contributed by atoms with Gasteiger partial charge in [-0.2, -0.15) is 0 Å². The SMILES string of the molecule is O=C(O)CC1COCCN1C(=O)CCn1ccnc1. The first-order valence-corrected chi connectivity index (χ1v) is 6.21. The van der Waals surface area contributed by atoms with E-state index >= 15 is 0 Å². The van der Waals surface area contributed by atoms with Crippen LogP contribution >= 0.6 is 0 Å². The lowest BCUT2D eigenvalue weighted by Crippen LogP contribution is -2.49. The summed E-state index contributed by atoms with van der Waals surface area (Å²) < 4.78 is 7.07. The molecule has 0 aliphatic carbocycles. The zero-order valence-corrected chi connectivity index (χ0v) is 10.6. The molecule has 0 spiro atoms. The Bertz CT molecular complexity index is 432. The predicted octanol–water partition coefficient (Wildman–Crippen LogP) is -0.0247. The molecule has 0 radical (unpaired) electrons. The molecule has 1 amide bonds. The zero-order chi connectivity index (χ0) is 13.7. The van der Waals surface area contributed by atoms with Gasteiger partial charge in [-0.05, 0) is 0 Å². The van der Waals surface area contributed by atoms with Crippen molar-refractivity contribution in [3.8, 4) is 0 Å². The average Bonchev–Trinajstić information content (AvgIpc) is 2.89. The Balaban J connectivity index is 1.89. The number of carbonyl (C=O) groups excluding carboxylic acids is 1. The van der Waals surface area contributed by atoms with E-state index in [1.165, 1.54) is 0 Å². The number of aromatic nitrogens is 2. The number of carboxylic acid groups (broad SMARTS) is 1. The summed E-state index contributed by atoms with van der Waals surface area (Å²) in [5.74, 6) is -0.953. The number of aryl methyl sites for hydroxylation is 1. The quantitative estimate of drug-likeness (QED) is 0.810. The summed E-state index contributed by atoms with van der Waals surface area (Å²) >= 11 is 0. The Morgan fingerprint density at radius 1 is 1.47 bits per heavy atom. The molecule has 0 bridgehead atoms. The summed E-state index contributed by atoms with van der Waals surface area (Å²) in [5, 5.41) is 8.84. The average molecular weight is 267 g/mol. The monoisotopic (exact) mass is 267 g/mol. The number of carbonyl (C=O) groups is 2. The third-order valence-electron chi connectivity index (χ3n) is 3.10. The lowest BCUT2D eigenvalue weighted by molar-refractivity contribution is -0.146. The van der Waals surface area contributed by atoms with E-state index < -0.39 is 5.97 Å². The van der Waals surface area contributed by atoms with Crippen LogP contribution in [0.4, 0.5) is 0 Å². The highest BCUT2D eigenvalue weighted by atomic mass is 16.5. The van der Waals surface area contributed by atoms with Gasteiger partial charge in [-0.3, -0.25) is 9.59 Å². The van der Waals surface area contributed by atoms with Gasteiger partial charge in [0.1, 0.15) is 0 Å². The Morgan fingerprint density at radius 2 is 2.32 bits per heavy atom. The Hall–Kier alpha value is -1.89. The van der Waals surface area contributed by atoms with Gasteiger partial charge in [0.05, 0.1) is 32.0 Å². The second-order valence-electron chi connectivity index (χ2n) is 4.46. The van der Waals surface area contributed by atoms with E-state index in [0.717, 1.165) is 0 Å². The van der Waals surface area contributed by atoms with E-state index in [1.54, 1.807) is 23.6 Å². The first-order valence-electron chi connectivity index (χ1n) is 6.21. The number of ether oxygens (including phenoxy) is 1. The molecule has 1 aromatic heterocycles. The molecule has 0 aromatic carbocycles. The van der Waals surface area contributed by atoms with Crippen LogP contribution in [0.5, 0.6) is 0 Å². The molecule has 0 saturated carbocycles. The minimum atomic E-state index is -0.914. The van der Waals surface area contributed by atoms with Crippen molar-refractivity contribution in [2.75, 3.05) is 19.8 Å². The molecule has 1 saturated heterocycles. The number of carboxylic acids is 1. The molecule has 7 heteroatoms. The molecule has 1 aliphatic rings. The zero-order valence-electron chi connectivity index (χ0n) is 10.6. The van der Waals surface area contributed by atoms with Crippen LogP contribution in [0.2, 0.25) is 0 Å². The van der Waals surface area contributed by atoms with Crippen molar-refractivity contribution in [1.82, 2.24) is 14.5 Å². The standard InChI is InChI=1S/C12H17N3O4/c16-11(1-3-14-4-2-13-9-14)15-5-6-19-8-10(15)7-12(17)18/h2,4,9-10H,1,3,5-8H2,(H,17,18). The van der Waals surface area contributed by atoms with Crippen LogP contribution in [0.15, 0.2) is 18.7 Å². The number of hydrogen-bond donors (Lipinski definition) is 1. The summed E-state index contributed by atoms with van der Waals surface area (Å²) in [4.78, 5) is 28.4. The van der Waals surface area contributed by atoms with Crippen molar-refractivity contribution >= 4 is 11.9 Å². The van der Waals surface area contributed by atoms with Crippen LogP contribution in [0.1, 0.15) is 12.8 Å². The molecule has 1 unspecified atom stereocenters. The predicted molar refractivity (Wildman–Crippen MR) is 65.4 cm³/mol. The minimum absolute atomic E-state index is 0.0387. The number of imidazole rings is 1. The van der Waals surface area contributed by atoms with Gasteiger partial charge in [0, 0.05) is 31.9 Å². The summed E-state index contributed by atoms with van der Waals surface area (Å²) in [7, 11) is 0. The van der Waals surface area contributed by atoms with Gasteiger partial charge < -0.3 is 19.3 Å². The van der Waals surface area contributed by atoms with E-state index in [1.807, 2.05) is 4.57 Å². The number of aliphatic carboxylic acids is 1. The Morgan fingerprint density at radius 3 is 3.00 bits per heavy atom. The molecular formula is C12H17N3O4. The molecular weight excluding hydrogens is 250 g/mol. The van der Waals surface area contributed by atoms with Crippen LogP contribution in [0.25, 0.3) is 0 Å². The first-order chi connectivity index (χ1) is 9.16. The molecule has 1 atom stereocenters. The smallest absolute Gasteiger partial charge is 0.305 e. The lowest BCUT2D eigenvalue weighted by atomic mass is 10.1. The van der Waals surface area contributed by atoms with E-state index in [4.69, 9.17) is 9.84 Å². The molecule has 1 aliphatic heterocycles. The van der Waals surface area contributed by atoms with Crippen LogP contribution in [-0.2, 0) is 20.9 Å². The highest BCUT2D eigenvalue weighted by Crippen LogP contribution is 2.12. The van der Waals surface area contributed by atoms with Gasteiger partial charge >= 0.3 is 5.97 Å². The molecule has 104 valence electrons. The number of rotatable bonds is 5. The maximum atomic E-state index is 12.1. The van der Waals surface area contributed by atoms with Crippen molar-refractivity contribution in [3.05, 3.63) is 18.7 Å². The van der Waals surface area contributed by atoms with Crippen molar-refractivity contribution < 1.29 is 19.4 Å². The van der Waals surface area contributed by atoms with Crippen molar-refractivity contribution in [2.24, 2.45) is 0 Å². The second kappa shape index (κ2) is 6.33. The first kappa shape index (κ1) is 13.5. The third kappa shape index (κ3) is 3.78. The maximum Gasteiger partial charge on any atom is 0.305 e. The van der Waals surface area contributed by atoms with E-state index in [-0.39, 0.29) is 18.4 Å². The number of amides is 1. The normalized spacial score (nSPS) is 19.4. The summed E-state index contributed by atoms with van der Waals surface area (Å²) in [6.07, 6.45) is 5.37. The number of morpholine rings is 1. The Labute approximate surface area is 110 Å². The van der Waals surface area contributed by atoms with Gasteiger partial charge in [-0.15, -0.1) is 0 Å². The summed E-state index contributed by atoms with van der Waals surface area (Å²) in [6, 6.07) is -0.360. The minimum Gasteiger partial charge on any atom is -0.481 e. The molecule has 7 nitrogen and oxygen atoms in total. The fourth-order valence-corrected chi connectivity index (χ4v) is 2.14. The molecule has 2 heterocycles.